The first-order valence-corrected chi connectivity index (χ1v) is 11.1. The van der Waals surface area contributed by atoms with Crippen molar-refractivity contribution in [3.8, 4) is 0 Å². The molecule has 2 aromatic carbocycles. The van der Waals surface area contributed by atoms with Crippen molar-refractivity contribution in [3.05, 3.63) is 65.7 Å². The first-order valence-electron chi connectivity index (χ1n) is 9.55. The maximum atomic E-state index is 11.5. The molecule has 6 nitrogen and oxygen atoms in total. The monoisotopic (exact) mass is 400 g/mol. The number of rotatable bonds is 6. The van der Waals surface area contributed by atoms with Gasteiger partial charge in [-0.3, -0.25) is 4.99 Å². The summed E-state index contributed by atoms with van der Waals surface area (Å²) in [5.41, 5.74) is 2.33. The zero-order valence-electron chi connectivity index (χ0n) is 16.2. The number of nitrogens with zero attached hydrogens (tertiary/aromatic N) is 1. The number of nitrogens with two attached hydrogens (primary N) is 1. The summed E-state index contributed by atoms with van der Waals surface area (Å²) in [6.45, 7) is 1.27. The minimum Gasteiger partial charge on any atom is -0.356 e. The number of hydrogen-bond acceptors (Lipinski definition) is 3. The van der Waals surface area contributed by atoms with Crippen molar-refractivity contribution in [1.82, 2.24) is 10.6 Å². The molecule has 0 unspecified atom stereocenters. The summed E-state index contributed by atoms with van der Waals surface area (Å²) < 4.78 is 23.0. The van der Waals surface area contributed by atoms with Crippen LogP contribution >= 0.6 is 0 Å². The Balaban J connectivity index is 1.64. The minimum atomic E-state index is -3.70. The standard InChI is InChI=1S/C21H28N4O2S/c1-23-20(24-15-17-8-7-11-19(14-17)28(22,26)27)25-16-21(12-5-6-13-21)18-9-3-2-4-10-18/h2-4,7-11,14H,5-6,12-13,15-16H2,1H3,(H2,22,26,27)(H2,23,24,25). The lowest BCUT2D eigenvalue weighted by Gasteiger charge is -2.30. The van der Waals surface area contributed by atoms with Crippen molar-refractivity contribution >= 4 is 16.0 Å². The molecule has 2 aromatic rings. The number of aliphatic imine (C=N–C) groups is 1. The predicted molar refractivity (Wildman–Crippen MR) is 113 cm³/mol. The van der Waals surface area contributed by atoms with Gasteiger partial charge in [0.05, 0.1) is 4.90 Å². The molecule has 0 radical (unpaired) electrons. The van der Waals surface area contributed by atoms with Crippen molar-refractivity contribution in [1.29, 1.82) is 0 Å². The van der Waals surface area contributed by atoms with Crippen LogP contribution < -0.4 is 15.8 Å². The Morgan fingerprint density at radius 2 is 1.79 bits per heavy atom. The van der Waals surface area contributed by atoms with Gasteiger partial charge in [0, 0.05) is 25.6 Å². The average Bonchev–Trinajstić information content (AvgIpc) is 3.19. The van der Waals surface area contributed by atoms with E-state index in [4.69, 9.17) is 5.14 Å². The van der Waals surface area contributed by atoms with Crippen molar-refractivity contribution in [2.45, 2.75) is 42.5 Å². The zero-order chi connectivity index (χ0) is 20.0. The van der Waals surface area contributed by atoms with Crippen LogP contribution in [0.4, 0.5) is 0 Å². The third-order valence-electron chi connectivity index (χ3n) is 5.45. The van der Waals surface area contributed by atoms with Crippen LogP contribution in [0.15, 0.2) is 64.5 Å². The summed E-state index contributed by atoms with van der Waals surface area (Å²) in [5.74, 6) is 0.697. The van der Waals surface area contributed by atoms with E-state index in [0.717, 1.165) is 24.9 Å². The Morgan fingerprint density at radius 3 is 2.43 bits per heavy atom. The van der Waals surface area contributed by atoms with E-state index in [1.807, 2.05) is 6.07 Å². The second kappa shape index (κ2) is 8.75. The second-order valence-corrected chi connectivity index (χ2v) is 8.89. The lowest BCUT2D eigenvalue weighted by Crippen LogP contribution is -2.44. The van der Waals surface area contributed by atoms with E-state index in [0.29, 0.717) is 12.5 Å². The molecule has 0 bridgehead atoms. The van der Waals surface area contributed by atoms with E-state index in [-0.39, 0.29) is 10.3 Å². The molecule has 1 aliphatic rings. The Morgan fingerprint density at radius 1 is 1.07 bits per heavy atom. The molecule has 3 rings (SSSR count). The topological polar surface area (TPSA) is 96.6 Å². The minimum absolute atomic E-state index is 0.115. The Kier molecular flexibility index (Phi) is 6.36. The molecule has 0 saturated heterocycles. The number of hydrogen-bond donors (Lipinski definition) is 3. The van der Waals surface area contributed by atoms with Crippen LogP contribution in [-0.2, 0) is 22.0 Å². The largest absolute Gasteiger partial charge is 0.356 e. The van der Waals surface area contributed by atoms with Gasteiger partial charge in [0.25, 0.3) is 0 Å². The Bertz CT molecular complexity index is 920. The van der Waals surface area contributed by atoms with Gasteiger partial charge in [-0.05, 0) is 36.1 Å². The van der Waals surface area contributed by atoms with Crippen molar-refractivity contribution < 1.29 is 8.42 Å². The van der Waals surface area contributed by atoms with E-state index in [1.54, 1.807) is 19.2 Å². The summed E-state index contributed by atoms with van der Waals surface area (Å²) in [7, 11) is -1.97. The third-order valence-corrected chi connectivity index (χ3v) is 6.36. The smallest absolute Gasteiger partial charge is 0.238 e. The summed E-state index contributed by atoms with van der Waals surface area (Å²) >= 11 is 0. The van der Waals surface area contributed by atoms with Crippen molar-refractivity contribution in [2.24, 2.45) is 10.1 Å². The Hall–Kier alpha value is -2.38. The van der Waals surface area contributed by atoms with Gasteiger partial charge >= 0.3 is 0 Å². The number of primary sulfonamides is 1. The molecule has 1 aliphatic carbocycles. The van der Waals surface area contributed by atoms with Gasteiger partial charge in [-0.15, -0.1) is 0 Å². The lowest BCUT2D eigenvalue weighted by molar-refractivity contribution is 0.431. The van der Waals surface area contributed by atoms with E-state index in [2.05, 4.69) is 46.0 Å². The molecule has 0 aliphatic heterocycles. The number of guanidine groups is 1. The Labute approximate surface area is 167 Å². The summed E-state index contributed by atoms with van der Waals surface area (Å²) in [4.78, 5) is 4.43. The fraction of sp³-hybridized carbons (Fsp3) is 0.381. The zero-order valence-corrected chi connectivity index (χ0v) is 17.0. The number of sulfonamides is 1. The molecule has 0 heterocycles. The number of nitrogens with one attached hydrogen (secondary N) is 2. The third kappa shape index (κ3) is 4.91. The van der Waals surface area contributed by atoms with Crippen LogP contribution in [0.3, 0.4) is 0 Å². The maximum Gasteiger partial charge on any atom is 0.238 e. The highest BCUT2D eigenvalue weighted by Gasteiger charge is 2.35. The fourth-order valence-electron chi connectivity index (χ4n) is 3.90. The highest BCUT2D eigenvalue weighted by Crippen LogP contribution is 2.40. The maximum absolute atomic E-state index is 11.5. The van der Waals surface area contributed by atoms with E-state index >= 15 is 0 Å². The SMILES string of the molecule is CN=C(NCc1cccc(S(N)(=O)=O)c1)NCC1(c2ccccc2)CCCC1. The summed E-state index contributed by atoms with van der Waals surface area (Å²) in [6, 6.07) is 17.3. The second-order valence-electron chi connectivity index (χ2n) is 7.33. The molecule has 0 aromatic heterocycles. The quantitative estimate of drug-likeness (QED) is 0.513. The molecule has 28 heavy (non-hydrogen) atoms. The molecular weight excluding hydrogens is 372 g/mol. The first kappa shape index (κ1) is 20.4. The molecule has 1 saturated carbocycles. The van der Waals surface area contributed by atoms with Gasteiger partial charge in [0.1, 0.15) is 0 Å². The van der Waals surface area contributed by atoms with Crippen LogP contribution in [0.5, 0.6) is 0 Å². The summed E-state index contributed by atoms with van der Waals surface area (Å²) in [6.07, 6.45) is 4.81. The molecule has 7 heteroatoms. The van der Waals surface area contributed by atoms with Crippen LogP contribution in [0.2, 0.25) is 0 Å². The molecular formula is C21H28N4O2S. The van der Waals surface area contributed by atoms with Gasteiger partial charge in [0.2, 0.25) is 10.0 Å². The average molecular weight is 401 g/mol. The van der Waals surface area contributed by atoms with Gasteiger partial charge in [-0.25, -0.2) is 13.6 Å². The van der Waals surface area contributed by atoms with Gasteiger partial charge in [0.15, 0.2) is 5.96 Å². The first-order chi connectivity index (χ1) is 13.4. The fourth-order valence-corrected chi connectivity index (χ4v) is 4.49. The molecule has 0 amide bonds. The highest BCUT2D eigenvalue weighted by atomic mass is 32.2. The van der Waals surface area contributed by atoms with Crippen molar-refractivity contribution in [2.75, 3.05) is 13.6 Å². The van der Waals surface area contributed by atoms with Crippen LogP contribution in [0.25, 0.3) is 0 Å². The normalized spacial score (nSPS) is 16.7. The number of benzene rings is 2. The van der Waals surface area contributed by atoms with Gasteiger partial charge < -0.3 is 10.6 Å². The van der Waals surface area contributed by atoms with Crippen molar-refractivity contribution in [3.63, 3.8) is 0 Å². The van der Waals surface area contributed by atoms with Crippen LogP contribution in [0.1, 0.15) is 36.8 Å². The molecule has 150 valence electrons. The molecule has 0 spiro atoms. The van der Waals surface area contributed by atoms with E-state index < -0.39 is 10.0 Å². The van der Waals surface area contributed by atoms with Gasteiger partial charge in [-0.2, -0.15) is 0 Å². The molecule has 0 atom stereocenters. The molecule has 1 fully saturated rings. The summed E-state index contributed by atoms with van der Waals surface area (Å²) in [5, 5.41) is 11.9. The predicted octanol–water partition coefficient (Wildman–Crippen LogP) is 2.51. The van der Waals surface area contributed by atoms with E-state index in [1.165, 1.54) is 24.5 Å². The lowest BCUT2D eigenvalue weighted by atomic mass is 9.79. The van der Waals surface area contributed by atoms with Gasteiger partial charge in [-0.1, -0.05) is 55.3 Å². The molecule has 4 N–H and O–H groups in total. The van der Waals surface area contributed by atoms with Crippen LogP contribution in [0, 0.1) is 0 Å². The highest BCUT2D eigenvalue weighted by molar-refractivity contribution is 7.89. The van der Waals surface area contributed by atoms with E-state index in [9.17, 15) is 8.42 Å². The van der Waals surface area contributed by atoms with Crippen LogP contribution in [-0.4, -0.2) is 28.0 Å².